The third-order valence-electron chi connectivity index (χ3n) is 3.77. The first-order valence-electron chi connectivity index (χ1n) is 6.71. The number of rotatable bonds is 3. The van der Waals surface area contributed by atoms with Gasteiger partial charge in [-0.05, 0) is 24.8 Å². The maximum Gasteiger partial charge on any atom is 0.573 e. The summed E-state index contributed by atoms with van der Waals surface area (Å²) in [5, 5.41) is 9.95. The van der Waals surface area contributed by atoms with E-state index in [9.17, 15) is 18.3 Å². The quantitative estimate of drug-likeness (QED) is 0.871. The second-order valence-corrected chi connectivity index (χ2v) is 5.17. The lowest BCUT2D eigenvalue weighted by molar-refractivity contribution is -0.275. The number of para-hydroxylation sites is 1. The molecule has 120 valence electrons. The lowest BCUT2D eigenvalue weighted by Gasteiger charge is -2.28. The number of hydrogen-bond donors (Lipinski definition) is 2. The van der Waals surface area contributed by atoms with Gasteiger partial charge in [-0.3, -0.25) is 0 Å². The Morgan fingerprint density at radius 2 is 1.81 bits per heavy atom. The fraction of sp³-hybridized carbons (Fsp3) is 0.571. The Bertz CT molecular complexity index is 462. The number of aromatic hydroxyl groups is 1. The molecule has 1 atom stereocenters. The second-order valence-electron chi connectivity index (χ2n) is 5.17. The zero-order chi connectivity index (χ0) is 14.8. The molecule has 0 aliphatic heterocycles. The van der Waals surface area contributed by atoms with E-state index in [4.69, 9.17) is 5.73 Å². The molecule has 3 N–H and O–H groups in total. The van der Waals surface area contributed by atoms with E-state index in [0.29, 0.717) is 5.56 Å². The summed E-state index contributed by atoms with van der Waals surface area (Å²) in [6.07, 6.45) is 0.336. The molecule has 0 spiro atoms. The molecule has 0 aromatic heterocycles. The average molecular weight is 326 g/mol. The van der Waals surface area contributed by atoms with Crippen molar-refractivity contribution in [1.82, 2.24) is 0 Å². The monoisotopic (exact) mass is 325 g/mol. The summed E-state index contributed by atoms with van der Waals surface area (Å²) >= 11 is 0. The first-order chi connectivity index (χ1) is 9.38. The van der Waals surface area contributed by atoms with Gasteiger partial charge in [0.15, 0.2) is 11.5 Å². The van der Waals surface area contributed by atoms with Gasteiger partial charge in [0.25, 0.3) is 0 Å². The summed E-state index contributed by atoms with van der Waals surface area (Å²) in [7, 11) is 0. The van der Waals surface area contributed by atoms with Crippen molar-refractivity contribution >= 4 is 12.4 Å². The van der Waals surface area contributed by atoms with Crippen LogP contribution in [0.15, 0.2) is 18.2 Å². The second kappa shape index (κ2) is 7.22. The molecule has 0 heterocycles. The van der Waals surface area contributed by atoms with E-state index in [1.165, 1.54) is 6.07 Å². The van der Waals surface area contributed by atoms with E-state index in [-0.39, 0.29) is 18.3 Å². The first-order valence-corrected chi connectivity index (χ1v) is 6.71. The molecule has 21 heavy (non-hydrogen) atoms. The van der Waals surface area contributed by atoms with Crippen molar-refractivity contribution in [1.29, 1.82) is 0 Å². The van der Waals surface area contributed by atoms with Crippen molar-refractivity contribution in [3.63, 3.8) is 0 Å². The maximum atomic E-state index is 12.2. The molecule has 1 fully saturated rings. The zero-order valence-corrected chi connectivity index (χ0v) is 12.2. The molecule has 1 saturated carbocycles. The molecule has 0 bridgehead atoms. The highest BCUT2D eigenvalue weighted by Gasteiger charge is 2.33. The zero-order valence-electron chi connectivity index (χ0n) is 11.4. The van der Waals surface area contributed by atoms with Gasteiger partial charge in [-0.15, -0.1) is 25.6 Å². The van der Waals surface area contributed by atoms with Crippen molar-refractivity contribution in [2.24, 2.45) is 11.7 Å². The van der Waals surface area contributed by atoms with Gasteiger partial charge in [-0.1, -0.05) is 31.4 Å². The predicted octanol–water partition coefficient (Wildman–Crippen LogP) is 4.29. The summed E-state index contributed by atoms with van der Waals surface area (Å²) in [4.78, 5) is 0. The molecular weight excluding hydrogens is 307 g/mol. The van der Waals surface area contributed by atoms with Gasteiger partial charge >= 0.3 is 6.36 Å². The molecule has 1 aromatic rings. The van der Waals surface area contributed by atoms with Crippen LogP contribution in [0, 0.1) is 5.92 Å². The van der Waals surface area contributed by atoms with Crippen LogP contribution in [0.2, 0.25) is 0 Å². The molecular formula is C14H19ClF3NO2. The van der Waals surface area contributed by atoms with E-state index < -0.39 is 23.9 Å². The largest absolute Gasteiger partial charge is 0.573 e. The highest BCUT2D eigenvalue weighted by Crippen LogP contribution is 2.41. The van der Waals surface area contributed by atoms with Crippen molar-refractivity contribution in [3.8, 4) is 11.5 Å². The van der Waals surface area contributed by atoms with E-state index >= 15 is 0 Å². The number of benzene rings is 1. The van der Waals surface area contributed by atoms with Gasteiger partial charge in [-0.2, -0.15) is 0 Å². The van der Waals surface area contributed by atoms with Crippen LogP contribution in [0.25, 0.3) is 0 Å². The number of phenolic OH excluding ortho intramolecular Hbond substituents is 1. The average Bonchev–Trinajstić information content (AvgIpc) is 2.40. The van der Waals surface area contributed by atoms with E-state index in [0.717, 1.165) is 38.2 Å². The van der Waals surface area contributed by atoms with Gasteiger partial charge in [-0.25, -0.2) is 0 Å². The summed E-state index contributed by atoms with van der Waals surface area (Å²) in [5.74, 6) is -0.917. The summed E-state index contributed by atoms with van der Waals surface area (Å²) < 4.78 is 40.5. The van der Waals surface area contributed by atoms with Crippen molar-refractivity contribution < 1.29 is 23.0 Å². The number of ether oxygens (including phenoxy) is 1. The Labute approximate surface area is 127 Å². The Kier molecular flexibility index (Phi) is 6.16. The van der Waals surface area contributed by atoms with Crippen LogP contribution in [0.4, 0.5) is 13.2 Å². The van der Waals surface area contributed by atoms with E-state index in [1.54, 1.807) is 6.07 Å². The fourth-order valence-electron chi connectivity index (χ4n) is 2.76. The fourth-order valence-corrected chi connectivity index (χ4v) is 2.76. The van der Waals surface area contributed by atoms with Gasteiger partial charge in [0, 0.05) is 11.6 Å². The minimum Gasteiger partial charge on any atom is -0.504 e. The third kappa shape index (κ3) is 4.68. The van der Waals surface area contributed by atoms with Crippen molar-refractivity contribution in [2.75, 3.05) is 0 Å². The van der Waals surface area contributed by atoms with Crippen molar-refractivity contribution in [3.05, 3.63) is 23.8 Å². The summed E-state index contributed by atoms with van der Waals surface area (Å²) in [6.45, 7) is 0. The van der Waals surface area contributed by atoms with Gasteiger partial charge in [0.05, 0.1) is 0 Å². The Hall–Kier alpha value is -1.14. The molecule has 2 rings (SSSR count). The molecule has 0 radical (unpaired) electrons. The van der Waals surface area contributed by atoms with Crippen LogP contribution in [-0.2, 0) is 0 Å². The van der Waals surface area contributed by atoms with E-state index in [1.807, 2.05) is 0 Å². The number of alkyl halides is 3. The van der Waals surface area contributed by atoms with Gasteiger partial charge in [0.2, 0.25) is 0 Å². The van der Waals surface area contributed by atoms with Crippen LogP contribution < -0.4 is 10.5 Å². The predicted molar refractivity (Wildman–Crippen MR) is 75.5 cm³/mol. The smallest absolute Gasteiger partial charge is 0.504 e. The Morgan fingerprint density at radius 1 is 1.19 bits per heavy atom. The van der Waals surface area contributed by atoms with Crippen LogP contribution in [0.3, 0.4) is 0 Å². The minimum absolute atomic E-state index is 0. The number of halogens is 4. The standard InChI is InChI=1S/C14H18F3NO2.ClH/c15-14(16,17)20-11-8-4-7-10(13(11)19)12(18)9-5-2-1-3-6-9;/h4,7-9,12,19H,1-3,5-6,18H2;1H/t12-;/m1./s1. The van der Waals surface area contributed by atoms with Crippen LogP contribution >= 0.6 is 12.4 Å². The molecule has 1 aliphatic carbocycles. The molecule has 1 aliphatic rings. The van der Waals surface area contributed by atoms with Gasteiger partial charge in [0.1, 0.15) is 0 Å². The summed E-state index contributed by atoms with van der Waals surface area (Å²) in [5.41, 5.74) is 6.42. The molecule has 0 unspecified atom stereocenters. The van der Waals surface area contributed by atoms with Crippen LogP contribution in [0.5, 0.6) is 11.5 Å². The van der Waals surface area contributed by atoms with Gasteiger partial charge < -0.3 is 15.6 Å². The first kappa shape index (κ1) is 17.9. The molecule has 0 saturated heterocycles. The van der Waals surface area contributed by atoms with Crippen LogP contribution in [0.1, 0.15) is 43.7 Å². The Morgan fingerprint density at radius 3 is 2.38 bits per heavy atom. The molecule has 3 nitrogen and oxygen atoms in total. The normalized spacial score (nSPS) is 17.9. The van der Waals surface area contributed by atoms with Crippen LogP contribution in [-0.4, -0.2) is 11.5 Å². The summed E-state index contributed by atoms with van der Waals surface area (Å²) in [6, 6.07) is 3.59. The molecule has 1 aromatic carbocycles. The lowest BCUT2D eigenvalue weighted by Crippen LogP contribution is -2.24. The van der Waals surface area contributed by atoms with E-state index in [2.05, 4.69) is 4.74 Å². The number of nitrogens with two attached hydrogens (primary N) is 1. The molecule has 7 heteroatoms. The number of hydrogen-bond acceptors (Lipinski definition) is 3. The lowest BCUT2D eigenvalue weighted by atomic mass is 9.81. The number of phenols is 1. The Balaban J connectivity index is 0.00000220. The topological polar surface area (TPSA) is 55.5 Å². The molecule has 0 amide bonds. The van der Waals surface area contributed by atoms with Crippen molar-refractivity contribution in [2.45, 2.75) is 44.5 Å². The minimum atomic E-state index is -4.83. The highest BCUT2D eigenvalue weighted by atomic mass is 35.5. The highest BCUT2D eigenvalue weighted by molar-refractivity contribution is 5.85. The maximum absolute atomic E-state index is 12.2. The SMILES string of the molecule is Cl.N[C@@H](c1cccc(OC(F)(F)F)c1O)C1CCCCC1. The third-order valence-corrected chi connectivity index (χ3v) is 3.77.